The van der Waals surface area contributed by atoms with Crippen LogP contribution < -0.4 is 9.47 Å². The maximum Gasteiger partial charge on any atom is 0.303 e. The van der Waals surface area contributed by atoms with E-state index in [-0.39, 0.29) is 12.2 Å². The van der Waals surface area contributed by atoms with Crippen molar-refractivity contribution in [2.45, 2.75) is 51.7 Å². The number of rotatable bonds is 10. The van der Waals surface area contributed by atoms with Crippen molar-refractivity contribution in [2.75, 3.05) is 20.2 Å². The average molecular weight is 492 g/mol. The largest absolute Gasteiger partial charge is 0.497 e. The van der Waals surface area contributed by atoms with E-state index < -0.39 is 5.97 Å². The lowest BCUT2D eigenvalue weighted by Gasteiger charge is -2.23. The van der Waals surface area contributed by atoms with Crippen molar-refractivity contribution in [1.29, 1.82) is 0 Å². The van der Waals surface area contributed by atoms with Gasteiger partial charge in [-0.15, -0.1) is 0 Å². The van der Waals surface area contributed by atoms with Crippen LogP contribution in [0.25, 0.3) is 11.1 Å². The first-order valence-electron chi connectivity index (χ1n) is 12.6. The Morgan fingerprint density at radius 3 is 2.47 bits per heavy atom. The second kappa shape index (κ2) is 12.5. The van der Waals surface area contributed by atoms with E-state index in [9.17, 15) is 9.18 Å². The number of hydrogen-bond donors (Lipinski definition) is 1. The van der Waals surface area contributed by atoms with Crippen LogP contribution in [-0.4, -0.2) is 36.2 Å². The topological polar surface area (TPSA) is 59.0 Å². The summed E-state index contributed by atoms with van der Waals surface area (Å²) in [4.78, 5) is 13.3. The molecule has 0 atom stereocenters. The van der Waals surface area contributed by atoms with Crippen LogP contribution in [0.1, 0.15) is 48.8 Å². The third-order valence-electron chi connectivity index (χ3n) is 6.66. The van der Waals surface area contributed by atoms with Crippen molar-refractivity contribution < 1.29 is 23.8 Å². The second-order valence-corrected chi connectivity index (χ2v) is 9.36. The van der Waals surface area contributed by atoms with Crippen molar-refractivity contribution in [3.63, 3.8) is 0 Å². The molecule has 0 unspecified atom stereocenters. The predicted octanol–water partition coefficient (Wildman–Crippen LogP) is 6.47. The third-order valence-corrected chi connectivity index (χ3v) is 6.66. The maximum atomic E-state index is 14.9. The van der Waals surface area contributed by atoms with Gasteiger partial charge in [-0.3, -0.25) is 9.69 Å². The van der Waals surface area contributed by atoms with E-state index in [4.69, 9.17) is 14.6 Å². The fourth-order valence-electron chi connectivity index (χ4n) is 4.71. The normalized spacial score (nSPS) is 14.3. The van der Waals surface area contributed by atoms with Gasteiger partial charge in [0.05, 0.1) is 7.11 Å². The summed E-state index contributed by atoms with van der Waals surface area (Å²) in [7, 11) is 1.59. The van der Waals surface area contributed by atoms with Crippen LogP contribution in [0.3, 0.4) is 0 Å². The molecular weight excluding hydrogens is 457 g/mol. The smallest absolute Gasteiger partial charge is 0.303 e. The van der Waals surface area contributed by atoms with E-state index in [0.29, 0.717) is 30.1 Å². The molecule has 1 aliphatic heterocycles. The number of methoxy groups -OCH3 is 1. The highest BCUT2D eigenvalue weighted by atomic mass is 19.1. The molecule has 6 heteroatoms. The SMILES string of the molecule is COc1ccc(F)c(-c2ccc(COc3cccc(CCC(=O)O)c3)cc2CN2CCCCCC2)c1. The Morgan fingerprint density at radius 2 is 1.72 bits per heavy atom. The maximum absolute atomic E-state index is 14.9. The number of carboxylic acids is 1. The number of hydrogen-bond acceptors (Lipinski definition) is 4. The lowest BCUT2D eigenvalue weighted by atomic mass is 9.96. The van der Waals surface area contributed by atoms with Crippen LogP contribution in [-0.2, 0) is 24.4 Å². The molecule has 1 saturated heterocycles. The third kappa shape index (κ3) is 7.08. The predicted molar refractivity (Wildman–Crippen MR) is 139 cm³/mol. The minimum Gasteiger partial charge on any atom is -0.497 e. The minimum atomic E-state index is -0.814. The summed E-state index contributed by atoms with van der Waals surface area (Å²) < 4.78 is 26.3. The average Bonchev–Trinajstić information content (AvgIpc) is 3.16. The second-order valence-electron chi connectivity index (χ2n) is 9.36. The zero-order valence-corrected chi connectivity index (χ0v) is 20.8. The number of aliphatic carboxylic acids is 1. The Kier molecular flexibility index (Phi) is 8.95. The van der Waals surface area contributed by atoms with Crippen LogP contribution in [0, 0.1) is 5.82 Å². The van der Waals surface area contributed by atoms with Gasteiger partial charge < -0.3 is 14.6 Å². The lowest BCUT2D eigenvalue weighted by molar-refractivity contribution is -0.136. The Bertz CT molecular complexity index is 1170. The van der Waals surface area contributed by atoms with E-state index >= 15 is 0 Å². The summed E-state index contributed by atoms with van der Waals surface area (Å²) in [6.45, 7) is 3.22. The zero-order chi connectivity index (χ0) is 25.3. The number of carboxylic acid groups (broad SMARTS) is 1. The van der Waals surface area contributed by atoms with E-state index in [1.807, 2.05) is 36.4 Å². The van der Waals surface area contributed by atoms with Gasteiger partial charge in [0.25, 0.3) is 0 Å². The van der Waals surface area contributed by atoms with Crippen LogP contribution in [0.4, 0.5) is 4.39 Å². The first kappa shape index (κ1) is 25.7. The number of likely N-dealkylation sites (tertiary alicyclic amines) is 1. The Balaban J connectivity index is 1.57. The summed E-state index contributed by atoms with van der Waals surface area (Å²) in [5.41, 5.74) is 4.41. The molecule has 1 aliphatic rings. The molecule has 5 nitrogen and oxygen atoms in total. The molecule has 0 aliphatic carbocycles. The molecule has 36 heavy (non-hydrogen) atoms. The van der Waals surface area contributed by atoms with Gasteiger partial charge in [-0.1, -0.05) is 43.2 Å². The molecule has 0 aromatic heterocycles. The molecule has 0 bridgehead atoms. The monoisotopic (exact) mass is 491 g/mol. The van der Waals surface area contributed by atoms with Crippen molar-refractivity contribution in [1.82, 2.24) is 4.90 Å². The number of carbonyl (C=O) groups is 1. The number of aryl methyl sites for hydroxylation is 1. The molecule has 0 spiro atoms. The van der Waals surface area contributed by atoms with Crippen LogP contribution in [0.5, 0.6) is 11.5 Å². The van der Waals surface area contributed by atoms with E-state index in [1.165, 1.54) is 31.7 Å². The van der Waals surface area contributed by atoms with Gasteiger partial charge >= 0.3 is 5.97 Å². The standard InChI is InChI=1S/C30H34FNO4/c1-35-25-11-13-29(31)28(19-25)27-12-9-23(17-24(27)20-32-15-4-2-3-5-16-32)21-36-26-8-6-7-22(18-26)10-14-30(33)34/h6-9,11-13,17-19H,2-5,10,14-16,20-21H2,1H3,(H,33,34). The first-order chi connectivity index (χ1) is 17.5. The van der Waals surface area contributed by atoms with Gasteiger partial charge in [0.1, 0.15) is 23.9 Å². The van der Waals surface area contributed by atoms with Crippen LogP contribution >= 0.6 is 0 Å². The van der Waals surface area contributed by atoms with Gasteiger partial charge in [0.15, 0.2) is 0 Å². The quantitative estimate of drug-likeness (QED) is 0.352. The highest BCUT2D eigenvalue weighted by Crippen LogP contribution is 2.32. The highest BCUT2D eigenvalue weighted by molar-refractivity contribution is 5.70. The number of halogens is 1. The van der Waals surface area contributed by atoms with Gasteiger partial charge in [-0.2, -0.15) is 0 Å². The Hall–Kier alpha value is -3.38. The van der Waals surface area contributed by atoms with Crippen LogP contribution in [0.15, 0.2) is 60.7 Å². The molecule has 0 amide bonds. The number of nitrogens with zero attached hydrogens (tertiary/aromatic N) is 1. The Morgan fingerprint density at radius 1 is 0.917 bits per heavy atom. The molecular formula is C30H34FNO4. The van der Waals surface area contributed by atoms with E-state index in [2.05, 4.69) is 11.0 Å². The summed E-state index contributed by atoms with van der Waals surface area (Å²) in [6, 6.07) is 18.5. The molecule has 1 heterocycles. The molecule has 190 valence electrons. The molecule has 0 saturated carbocycles. The number of ether oxygens (including phenoxy) is 2. The molecule has 3 aromatic rings. The molecule has 1 fully saturated rings. The summed E-state index contributed by atoms with van der Waals surface area (Å²) in [5.74, 6) is 0.248. The fraction of sp³-hybridized carbons (Fsp3) is 0.367. The van der Waals surface area contributed by atoms with Gasteiger partial charge in [0, 0.05) is 18.5 Å². The fourth-order valence-corrected chi connectivity index (χ4v) is 4.71. The summed E-state index contributed by atoms with van der Waals surface area (Å²) in [5, 5.41) is 8.94. The summed E-state index contributed by atoms with van der Waals surface area (Å²) >= 11 is 0. The summed E-state index contributed by atoms with van der Waals surface area (Å²) in [6.07, 6.45) is 5.44. The highest BCUT2D eigenvalue weighted by Gasteiger charge is 2.16. The molecule has 3 aromatic carbocycles. The molecule has 4 rings (SSSR count). The minimum absolute atomic E-state index is 0.0889. The zero-order valence-electron chi connectivity index (χ0n) is 20.8. The van der Waals surface area contributed by atoms with Gasteiger partial charge in [0.2, 0.25) is 0 Å². The first-order valence-corrected chi connectivity index (χ1v) is 12.6. The molecule has 0 radical (unpaired) electrons. The van der Waals surface area contributed by atoms with Crippen LogP contribution in [0.2, 0.25) is 0 Å². The van der Waals surface area contributed by atoms with E-state index in [0.717, 1.165) is 41.9 Å². The van der Waals surface area contributed by atoms with E-state index in [1.54, 1.807) is 19.2 Å². The molecule has 1 N–H and O–H groups in total. The van der Waals surface area contributed by atoms with Gasteiger partial charge in [-0.05, 0) is 84.9 Å². The van der Waals surface area contributed by atoms with Crippen molar-refractivity contribution in [3.05, 3.63) is 83.2 Å². The van der Waals surface area contributed by atoms with Crippen molar-refractivity contribution in [3.8, 4) is 22.6 Å². The lowest BCUT2D eigenvalue weighted by Crippen LogP contribution is -2.24. The van der Waals surface area contributed by atoms with Gasteiger partial charge in [-0.25, -0.2) is 4.39 Å². The Labute approximate surface area is 212 Å². The number of benzene rings is 3. The van der Waals surface area contributed by atoms with Crippen molar-refractivity contribution >= 4 is 5.97 Å². The van der Waals surface area contributed by atoms with Crippen molar-refractivity contribution in [2.24, 2.45) is 0 Å².